The zero-order valence-electron chi connectivity index (χ0n) is 18.3. The minimum atomic E-state index is -0.580. The summed E-state index contributed by atoms with van der Waals surface area (Å²) >= 11 is 0. The molecule has 1 aromatic carbocycles. The number of carbonyl (C=O) groups is 2. The monoisotopic (exact) mass is 409 g/mol. The molecule has 0 radical (unpaired) electrons. The zero-order valence-corrected chi connectivity index (χ0v) is 18.3. The predicted molar refractivity (Wildman–Crippen MR) is 116 cm³/mol. The minimum absolute atomic E-state index is 0.0926. The second kappa shape index (κ2) is 8.94. The number of hydrogen-bond donors (Lipinski definition) is 1. The molecule has 1 aliphatic carbocycles. The van der Waals surface area contributed by atoms with Gasteiger partial charge in [-0.15, -0.1) is 0 Å². The summed E-state index contributed by atoms with van der Waals surface area (Å²) in [7, 11) is 0. The van der Waals surface area contributed by atoms with Crippen LogP contribution in [0.2, 0.25) is 0 Å². The van der Waals surface area contributed by atoms with E-state index in [1.165, 1.54) is 11.8 Å². The number of carbonyl (C=O) groups excluding carboxylic acids is 2. The van der Waals surface area contributed by atoms with Gasteiger partial charge in [0.05, 0.1) is 17.6 Å². The Balaban J connectivity index is 1.61. The Bertz CT molecular complexity index is 908. The SMILES string of the molecule is Cc1ncc(C(N)=O)nc1-c1ccc([C@H]2CC[C@H](CC(=O)OC(C)(C)C)CC2)cc1. The maximum atomic E-state index is 12.1. The lowest BCUT2D eigenvalue weighted by molar-refractivity contribution is -0.156. The number of aromatic nitrogens is 2. The molecular formula is C24H31N3O3. The van der Waals surface area contributed by atoms with Crippen LogP contribution in [0.1, 0.15) is 80.5 Å². The Kier molecular flexibility index (Phi) is 6.54. The van der Waals surface area contributed by atoms with E-state index in [0.29, 0.717) is 24.0 Å². The molecule has 0 atom stereocenters. The largest absolute Gasteiger partial charge is 0.460 e. The molecule has 0 saturated heterocycles. The van der Waals surface area contributed by atoms with Gasteiger partial charge in [0.1, 0.15) is 11.3 Å². The first kappa shape index (κ1) is 21.9. The van der Waals surface area contributed by atoms with E-state index >= 15 is 0 Å². The molecule has 1 heterocycles. The highest BCUT2D eigenvalue weighted by atomic mass is 16.6. The van der Waals surface area contributed by atoms with Crippen LogP contribution in [-0.4, -0.2) is 27.4 Å². The van der Waals surface area contributed by atoms with Crippen LogP contribution in [0.25, 0.3) is 11.3 Å². The fraction of sp³-hybridized carbons (Fsp3) is 0.500. The van der Waals surface area contributed by atoms with Gasteiger partial charge in [0, 0.05) is 12.0 Å². The van der Waals surface area contributed by atoms with E-state index in [-0.39, 0.29) is 11.7 Å². The van der Waals surface area contributed by atoms with Crippen LogP contribution in [-0.2, 0) is 9.53 Å². The maximum absolute atomic E-state index is 12.1. The maximum Gasteiger partial charge on any atom is 0.306 e. The van der Waals surface area contributed by atoms with Crippen LogP contribution in [0, 0.1) is 12.8 Å². The highest BCUT2D eigenvalue weighted by molar-refractivity contribution is 5.91. The van der Waals surface area contributed by atoms with E-state index in [2.05, 4.69) is 22.1 Å². The average molecular weight is 410 g/mol. The number of ether oxygens (including phenoxy) is 1. The number of amides is 1. The minimum Gasteiger partial charge on any atom is -0.460 e. The second-order valence-corrected chi connectivity index (χ2v) is 9.18. The van der Waals surface area contributed by atoms with Crippen molar-refractivity contribution in [1.29, 1.82) is 0 Å². The summed E-state index contributed by atoms with van der Waals surface area (Å²) in [6, 6.07) is 8.33. The Hall–Kier alpha value is -2.76. The van der Waals surface area contributed by atoms with Crippen LogP contribution in [0.5, 0.6) is 0 Å². The lowest BCUT2D eigenvalue weighted by Crippen LogP contribution is -2.26. The molecule has 30 heavy (non-hydrogen) atoms. The number of primary amides is 1. The number of esters is 1. The van der Waals surface area contributed by atoms with Gasteiger partial charge in [-0.3, -0.25) is 14.6 Å². The molecule has 0 aliphatic heterocycles. The van der Waals surface area contributed by atoms with Crippen molar-refractivity contribution in [3.63, 3.8) is 0 Å². The molecule has 0 spiro atoms. The zero-order chi connectivity index (χ0) is 21.9. The number of hydrogen-bond acceptors (Lipinski definition) is 5. The van der Waals surface area contributed by atoms with Crippen molar-refractivity contribution in [2.24, 2.45) is 11.7 Å². The Morgan fingerprint density at radius 1 is 1.10 bits per heavy atom. The Morgan fingerprint density at radius 2 is 1.73 bits per heavy atom. The fourth-order valence-electron chi connectivity index (χ4n) is 4.07. The molecule has 2 N–H and O–H groups in total. The van der Waals surface area contributed by atoms with Gasteiger partial charge in [-0.05, 0) is 70.8 Å². The molecular weight excluding hydrogens is 378 g/mol. The van der Waals surface area contributed by atoms with E-state index in [1.54, 1.807) is 0 Å². The van der Waals surface area contributed by atoms with Gasteiger partial charge < -0.3 is 10.5 Å². The summed E-state index contributed by atoms with van der Waals surface area (Å²) < 4.78 is 5.46. The standard InChI is InChI=1S/C24H31N3O3/c1-15-22(27-20(14-26-15)23(25)29)19-11-9-18(10-12-19)17-7-5-16(6-8-17)13-21(28)30-24(2,3)4/h9-12,14,16-17H,5-8,13H2,1-4H3,(H2,25,29)/t16-,17-. The third-order valence-electron chi connectivity index (χ3n) is 5.59. The van der Waals surface area contributed by atoms with Crippen molar-refractivity contribution in [3.8, 4) is 11.3 Å². The van der Waals surface area contributed by atoms with Crippen molar-refractivity contribution in [3.05, 3.63) is 47.4 Å². The highest BCUT2D eigenvalue weighted by Crippen LogP contribution is 2.38. The first-order chi connectivity index (χ1) is 14.1. The first-order valence-corrected chi connectivity index (χ1v) is 10.6. The van der Waals surface area contributed by atoms with Crippen molar-refractivity contribution in [2.75, 3.05) is 0 Å². The molecule has 6 heteroatoms. The van der Waals surface area contributed by atoms with Crippen LogP contribution in [0.3, 0.4) is 0 Å². The molecule has 0 unspecified atom stereocenters. The van der Waals surface area contributed by atoms with E-state index in [4.69, 9.17) is 10.5 Å². The molecule has 3 rings (SSSR count). The molecule has 2 aromatic rings. The number of aryl methyl sites for hydroxylation is 1. The van der Waals surface area contributed by atoms with E-state index in [9.17, 15) is 9.59 Å². The number of rotatable bonds is 5. The number of nitrogens with zero attached hydrogens (tertiary/aromatic N) is 2. The summed E-state index contributed by atoms with van der Waals surface area (Å²) in [5, 5.41) is 0. The summed E-state index contributed by atoms with van der Waals surface area (Å²) in [5.74, 6) is 0.233. The number of benzene rings is 1. The van der Waals surface area contributed by atoms with E-state index in [1.807, 2.05) is 39.8 Å². The molecule has 0 bridgehead atoms. The predicted octanol–water partition coefficient (Wildman–Crippen LogP) is 4.56. The molecule has 1 aliphatic rings. The summed E-state index contributed by atoms with van der Waals surface area (Å²) in [4.78, 5) is 32.1. The van der Waals surface area contributed by atoms with Crippen molar-refractivity contribution >= 4 is 11.9 Å². The fourth-order valence-corrected chi connectivity index (χ4v) is 4.07. The van der Waals surface area contributed by atoms with Crippen LogP contribution < -0.4 is 5.73 Å². The topological polar surface area (TPSA) is 95.2 Å². The van der Waals surface area contributed by atoms with Crippen LogP contribution in [0.15, 0.2) is 30.5 Å². The second-order valence-electron chi connectivity index (χ2n) is 9.18. The van der Waals surface area contributed by atoms with Crippen molar-refractivity contribution in [1.82, 2.24) is 9.97 Å². The van der Waals surface area contributed by atoms with Crippen molar-refractivity contribution < 1.29 is 14.3 Å². The Labute approximate surface area is 178 Å². The average Bonchev–Trinajstić information content (AvgIpc) is 2.67. The van der Waals surface area contributed by atoms with Gasteiger partial charge in [-0.1, -0.05) is 24.3 Å². The van der Waals surface area contributed by atoms with Gasteiger partial charge in [-0.25, -0.2) is 4.98 Å². The van der Waals surface area contributed by atoms with Crippen LogP contribution in [0.4, 0.5) is 0 Å². The molecule has 1 amide bonds. The smallest absolute Gasteiger partial charge is 0.306 e. The lowest BCUT2D eigenvalue weighted by atomic mass is 9.77. The van der Waals surface area contributed by atoms with Gasteiger partial charge in [-0.2, -0.15) is 0 Å². The summed E-state index contributed by atoms with van der Waals surface area (Å²) in [5.41, 5.74) is 8.74. The Morgan fingerprint density at radius 3 is 2.30 bits per heavy atom. The molecule has 160 valence electrons. The lowest BCUT2D eigenvalue weighted by Gasteiger charge is -2.29. The molecule has 1 fully saturated rings. The van der Waals surface area contributed by atoms with E-state index < -0.39 is 11.5 Å². The first-order valence-electron chi connectivity index (χ1n) is 10.6. The van der Waals surface area contributed by atoms with Crippen LogP contribution >= 0.6 is 0 Å². The molecule has 6 nitrogen and oxygen atoms in total. The molecule has 1 saturated carbocycles. The highest BCUT2D eigenvalue weighted by Gasteiger charge is 2.26. The normalized spacial score (nSPS) is 19.3. The number of nitrogens with two attached hydrogens (primary N) is 1. The molecule has 1 aromatic heterocycles. The van der Waals surface area contributed by atoms with Gasteiger partial charge >= 0.3 is 5.97 Å². The third kappa shape index (κ3) is 5.65. The third-order valence-corrected chi connectivity index (χ3v) is 5.59. The summed E-state index contributed by atoms with van der Waals surface area (Å²) in [6.45, 7) is 7.58. The van der Waals surface area contributed by atoms with Gasteiger partial charge in [0.2, 0.25) is 0 Å². The van der Waals surface area contributed by atoms with Gasteiger partial charge in [0.25, 0.3) is 5.91 Å². The van der Waals surface area contributed by atoms with Gasteiger partial charge in [0.15, 0.2) is 0 Å². The quantitative estimate of drug-likeness (QED) is 0.731. The van der Waals surface area contributed by atoms with Crippen molar-refractivity contribution in [2.45, 2.75) is 71.3 Å². The van der Waals surface area contributed by atoms with E-state index in [0.717, 1.165) is 36.9 Å². The summed E-state index contributed by atoms with van der Waals surface area (Å²) in [6.07, 6.45) is 6.14.